The molecule has 2 fully saturated rings. The van der Waals surface area contributed by atoms with Gasteiger partial charge < -0.3 is 15.0 Å². The minimum Gasteiger partial charge on any atom is -0.444 e. The van der Waals surface area contributed by atoms with Gasteiger partial charge in [-0.25, -0.2) is 4.79 Å². The highest BCUT2D eigenvalue weighted by atomic mass is 16.6. The maximum Gasteiger partial charge on any atom is 0.410 e. The summed E-state index contributed by atoms with van der Waals surface area (Å²) in [6.07, 6.45) is 5.83. The van der Waals surface area contributed by atoms with Crippen LogP contribution in [0.1, 0.15) is 52.0 Å². The van der Waals surface area contributed by atoms with E-state index in [0.29, 0.717) is 18.1 Å². The second-order valence-electron chi connectivity index (χ2n) is 7.91. The van der Waals surface area contributed by atoms with Crippen LogP contribution in [0.4, 0.5) is 10.5 Å². The van der Waals surface area contributed by atoms with Gasteiger partial charge in [0.15, 0.2) is 0 Å². The Balaban J connectivity index is 1.62. The zero-order valence-corrected chi connectivity index (χ0v) is 14.9. The average Bonchev–Trinajstić information content (AvgIpc) is 2.78. The van der Waals surface area contributed by atoms with Gasteiger partial charge in [0.05, 0.1) is 0 Å². The summed E-state index contributed by atoms with van der Waals surface area (Å²) in [6.45, 7) is 9.56. The molecule has 3 rings (SSSR count). The number of nitrogens with zero attached hydrogens (tertiary/aromatic N) is 1. The van der Waals surface area contributed by atoms with Crippen LogP contribution in [0.3, 0.4) is 0 Å². The molecule has 2 aliphatic rings. The molecule has 2 heterocycles. The summed E-state index contributed by atoms with van der Waals surface area (Å²) in [5, 5.41) is 3.63. The first-order valence-corrected chi connectivity index (χ1v) is 8.86. The van der Waals surface area contributed by atoms with Crippen molar-refractivity contribution in [3.63, 3.8) is 0 Å². The van der Waals surface area contributed by atoms with E-state index < -0.39 is 5.60 Å². The summed E-state index contributed by atoms with van der Waals surface area (Å²) in [6, 6.07) is 9.33. The van der Waals surface area contributed by atoms with E-state index in [1.54, 1.807) is 0 Å². The first-order chi connectivity index (χ1) is 11.4. The largest absolute Gasteiger partial charge is 0.444 e. The molecule has 0 radical (unpaired) electrons. The number of amides is 1. The number of rotatable bonds is 3. The van der Waals surface area contributed by atoms with Crippen molar-refractivity contribution in [2.75, 3.05) is 5.32 Å². The molecule has 3 atom stereocenters. The summed E-state index contributed by atoms with van der Waals surface area (Å²) in [5.74, 6) is 0. The molecule has 0 spiro atoms. The molecule has 1 unspecified atom stereocenters. The van der Waals surface area contributed by atoms with Crippen LogP contribution in [0.5, 0.6) is 0 Å². The van der Waals surface area contributed by atoms with Crippen LogP contribution in [0, 0.1) is 0 Å². The van der Waals surface area contributed by atoms with E-state index in [2.05, 4.69) is 36.2 Å². The van der Waals surface area contributed by atoms with E-state index in [9.17, 15) is 4.79 Å². The Hall–Kier alpha value is -1.97. The second-order valence-corrected chi connectivity index (χ2v) is 7.91. The van der Waals surface area contributed by atoms with E-state index in [1.807, 2.05) is 31.7 Å². The van der Waals surface area contributed by atoms with Crippen molar-refractivity contribution in [3.8, 4) is 0 Å². The molecule has 4 nitrogen and oxygen atoms in total. The number of benzene rings is 1. The van der Waals surface area contributed by atoms with Gasteiger partial charge in [-0.05, 0) is 64.2 Å². The van der Waals surface area contributed by atoms with Crippen molar-refractivity contribution in [2.45, 2.75) is 70.2 Å². The third-order valence-corrected chi connectivity index (χ3v) is 4.85. The Kier molecular flexibility index (Phi) is 4.57. The van der Waals surface area contributed by atoms with Crippen LogP contribution in [-0.4, -0.2) is 34.7 Å². The topological polar surface area (TPSA) is 41.6 Å². The summed E-state index contributed by atoms with van der Waals surface area (Å²) in [4.78, 5) is 14.5. The minimum absolute atomic E-state index is 0.149. The highest BCUT2D eigenvalue weighted by molar-refractivity contribution is 5.69. The summed E-state index contributed by atoms with van der Waals surface area (Å²) in [5.41, 5.74) is 1.83. The standard InChI is InChI=1S/C20H28N2O2/c1-5-14-6-8-15(9-7-14)21-16-12-17-10-11-18(13-16)22(17)19(23)24-20(2,3)4/h5-9,16-18,21H,1,10-13H2,2-4H3/t16?,17-,18+. The lowest BCUT2D eigenvalue weighted by molar-refractivity contribution is 0.00684. The molecule has 0 saturated carbocycles. The number of piperidine rings is 1. The number of hydrogen-bond acceptors (Lipinski definition) is 3. The Morgan fingerprint density at radius 2 is 1.79 bits per heavy atom. The van der Waals surface area contributed by atoms with Crippen molar-refractivity contribution < 1.29 is 9.53 Å². The van der Waals surface area contributed by atoms with E-state index in [-0.39, 0.29) is 6.09 Å². The zero-order valence-electron chi connectivity index (χ0n) is 14.9. The number of carbonyl (C=O) groups excluding carboxylic acids is 1. The van der Waals surface area contributed by atoms with Crippen LogP contribution in [-0.2, 0) is 4.74 Å². The fourth-order valence-electron chi connectivity index (χ4n) is 3.86. The maximum absolute atomic E-state index is 12.5. The lowest BCUT2D eigenvalue weighted by Gasteiger charge is -2.40. The van der Waals surface area contributed by atoms with Gasteiger partial charge in [-0.1, -0.05) is 24.8 Å². The van der Waals surface area contributed by atoms with Crippen molar-refractivity contribution in [3.05, 3.63) is 36.4 Å². The quantitative estimate of drug-likeness (QED) is 0.876. The van der Waals surface area contributed by atoms with Crippen molar-refractivity contribution in [1.82, 2.24) is 4.90 Å². The molecule has 2 saturated heterocycles. The monoisotopic (exact) mass is 328 g/mol. The smallest absolute Gasteiger partial charge is 0.410 e. The fourth-order valence-corrected chi connectivity index (χ4v) is 3.86. The van der Waals surface area contributed by atoms with Gasteiger partial charge in [0.1, 0.15) is 5.60 Å². The number of anilines is 1. The van der Waals surface area contributed by atoms with E-state index >= 15 is 0 Å². The molecule has 1 N–H and O–H groups in total. The van der Waals surface area contributed by atoms with Crippen LogP contribution >= 0.6 is 0 Å². The number of nitrogens with one attached hydrogen (secondary N) is 1. The Morgan fingerprint density at radius 1 is 1.21 bits per heavy atom. The minimum atomic E-state index is -0.432. The number of fused-ring (bicyclic) bond motifs is 2. The summed E-state index contributed by atoms with van der Waals surface area (Å²) in [7, 11) is 0. The molecular weight excluding hydrogens is 300 g/mol. The third kappa shape index (κ3) is 3.74. The number of ether oxygens (including phenoxy) is 1. The highest BCUT2D eigenvalue weighted by Crippen LogP contribution is 2.37. The van der Waals surface area contributed by atoms with Gasteiger partial charge in [-0.3, -0.25) is 0 Å². The van der Waals surface area contributed by atoms with Crippen LogP contribution in [0.15, 0.2) is 30.8 Å². The Bertz CT molecular complexity index is 589. The summed E-state index contributed by atoms with van der Waals surface area (Å²) < 4.78 is 5.59. The Labute approximate surface area is 144 Å². The van der Waals surface area contributed by atoms with Crippen LogP contribution < -0.4 is 5.32 Å². The second kappa shape index (κ2) is 6.50. The number of carbonyl (C=O) groups is 1. The molecule has 1 amide bonds. The van der Waals surface area contributed by atoms with Crippen LogP contribution in [0.25, 0.3) is 6.08 Å². The molecule has 1 aromatic rings. The molecule has 0 aliphatic carbocycles. The first kappa shape index (κ1) is 16.9. The Morgan fingerprint density at radius 3 is 2.29 bits per heavy atom. The van der Waals surface area contributed by atoms with Crippen molar-refractivity contribution >= 4 is 17.9 Å². The molecule has 24 heavy (non-hydrogen) atoms. The van der Waals surface area contributed by atoms with E-state index in [4.69, 9.17) is 4.74 Å². The van der Waals surface area contributed by atoms with E-state index in [0.717, 1.165) is 36.9 Å². The maximum atomic E-state index is 12.5. The van der Waals surface area contributed by atoms with Gasteiger partial charge in [0.2, 0.25) is 0 Å². The molecule has 4 heteroatoms. The van der Waals surface area contributed by atoms with Crippen LogP contribution in [0.2, 0.25) is 0 Å². The van der Waals surface area contributed by atoms with Gasteiger partial charge >= 0.3 is 6.09 Å². The van der Waals surface area contributed by atoms with E-state index in [1.165, 1.54) is 0 Å². The van der Waals surface area contributed by atoms with Crippen molar-refractivity contribution in [1.29, 1.82) is 0 Å². The lowest BCUT2D eigenvalue weighted by Crippen LogP contribution is -2.51. The highest BCUT2D eigenvalue weighted by Gasteiger charge is 2.44. The third-order valence-electron chi connectivity index (χ3n) is 4.85. The molecule has 0 aromatic heterocycles. The van der Waals surface area contributed by atoms with Gasteiger partial charge in [0, 0.05) is 23.8 Å². The molecule has 2 bridgehead atoms. The first-order valence-electron chi connectivity index (χ1n) is 8.86. The fraction of sp³-hybridized carbons (Fsp3) is 0.550. The molecule has 1 aromatic carbocycles. The predicted octanol–water partition coefficient (Wildman–Crippen LogP) is 4.67. The molecular formula is C20H28N2O2. The van der Waals surface area contributed by atoms with Gasteiger partial charge in [-0.2, -0.15) is 0 Å². The SMILES string of the molecule is C=Cc1ccc(NC2C[C@H]3CC[C@@H](C2)N3C(=O)OC(C)(C)C)cc1. The summed E-state index contributed by atoms with van der Waals surface area (Å²) >= 11 is 0. The zero-order chi connectivity index (χ0) is 17.3. The molecule has 130 valence electrons. The molecule has 2 aliphatic heterocycles. The van der Waals surface area contributed by atoms with Gasteiger partial charge in [0.25, 0.3) is 0 Å². The normalized spacial score (nSPS) is 26.1. The predicted molar refractivity (Wildman–Crippen MR) is 98.1 cm³/mol. The lowest BCUT2D eigenvalue weighted by atomic mass is 9.97. The van der Waals surface area contributed by atoms with Crippen molar-refractivity contribution in [2.24, 2.45) is 0 Å². The average molecular weight is 328 g/mol. The van der Waals surface area contributed by atoms with Gasteiger partial charge in [-0.15, -0.1) is 0 Å². The number of hydrogen-bond donors (Lipinski definition) is 1.